The lowest BCUT2D eigenvalue weighted by Gasteiger charge is -2.01. The van der Waals surface area contributed by atoms with Gasteiger partial charge in [0.25, 0.3) is 0 Å². The third-order valence-corrected chi connectivity index (χ3v) is 4.83. The Morgan fingerprint density at radius 1 is 1.14 bits per heavy atom. The molecule has 0 radical (unpaired) electrons. The highest BCUT2D eigenvalue weighted by atomic mass is 32.1. The number of methoxy groups -OCH3 is 1. The molecule has 3 rings (SSSR count). The second kappa shape index (κ2) is 9.09. The topological polar surface area (TPSA) is 92.7 Å². The minimum atomic E-state index is -0.326. The number of anilines is 1. The van der Waals surface area contributed by atoms with Crippen LogP contribution >= 0.6 is 11.3 Å². The molecule has 0 aliphatic carbocycles. The summed E-state index contributed by atoms with van der Waals surface area (Å²) in [4.78, 5) is 28.2. The normalized spacial score (nSPS) is 10.9. The Hall–Kier alpha value is -3.26. The lowest BCUT2D eigenvalue weighted by molar-refractivity contribution is -0.124. The lowest BCUT2D eigenvalue weighted by Crippen LogP contribution is -2.20. The standard InChI is InChI=1S/C20H20N4O3S/c1-13-3-5-14(6-4-13)12-21-24-19(26)10-9-18(25)23-20-22-16-8-7-15(27-2)11-17(16)28-20/h3-8,11-12H,9-10H2,1-2H3,(H,24,26)(H,22,23,25). The number of nitrogens with one attached hydrogen (secondary N) is 2. The predicted octanol–water partition coefficient (Wildman–Crippen LogP) is 3.48. The predicted molar refractivity (Wildman–Crippen MR) is 111 cm³/mol. The zero-order valence-electron chi connectivity index (χ0n) is 15.6. The second-order valence-corrected chi connectivity index (χ2v) is 7.14. The van der Waals surface area contributed by atoms with E-state index in [0.717, 1.165) is 27.1 Å². The third kappa shape index (κ3) is 5.37. The van der Waals surface area contributed by atoms with Gasteiger partial charge >= 0.3 is 0 Å². The van der Waals surface area contributed by atoms with E-state index in [2.05, 4.69) is 20.8 Å². The van der Waals surface area contributed by atoms with Gasteiger partial charge < -0.3 is 10.1 Å². The number of ether oxygens (including phenoxy) is 1. The molecule has 0 saturated heterocycles. The van der Waals surface area contributed by atoms with E-state index in [1.807, 2.05) is 49.4 Å². The quantitative estimate of drug-likeness (QED) is 0.472. The van der Waals surface area contributed by atoms with Crippen molar-refractivity contribution in [3.63, 3.8) is 0 Å². The van der Waals surface area contributed by atoms with Crippen LogP contribution in [0.3, 0.4) is 0 Å². The first-order valence-electron chi connectivity index (χ1n) is 8.66. The van der Waals surface area contributed by atoms with Crippen molar-refractivity contribution in [1.82, 2.24) is 10.4 Å². The van der Waals surface area contributed by atoms with Crippen molar-refractivity contribution < 1.29 is 14.3 Å². The Morgan fingerprint density at radius 2 is 1.89 bits per heavy atom. The van der Waals surface area contributed by atoms with Crippen LogP contribution in [-0.2, 0) is 9.59 Å². The molecule has 0 aliphatic heterocycles. The number of aryl methyl sites for hydroxylation is 1. The summed E-state index contributed by atoms with van der Waals surface area (Å²) in [5, 5.41) is 7.11. The number of nitrogens with zero attached hydrogens (tertiary/aromatic N) is 2. The molecule has 0 aliphatic rings. The summed E-state index contributed by atoms with van der Waals surface area (Å²) >= 11 is 1.35. The van der Waals surface area contributed by atoms with Gasteiger partial charge in [-0.3, -0.25) is 9.59 Å². The molecule has 7 nitrogen and oxygen atoms in total. The summed E-state index contributed by atoms with van der Waals surface area (Å²) in [5.41, 5.74) is 5.24. The van der Waals surface area contributed by atoms with Crippen LogP contribution < -0.4 is 15.5 Å². The van der Waals surface area contributed by atoms with Crippen LogP contribution in [0.25, 0.3) is 10.2 Å². The Labute approximate surface area is 166 Å². The Bertz CT molecular complexity index is 1010. The van der Waals surface area contributed by atoms with Crippen LogP contribution in [0, 0.1) is 6.92 Å². The number of benzene rings is 2. The molecule has 2 N–H and O–H groups in total. The maximum Gasteiger partial charge on any atom is 0.240 e. The number of fused-ring (bicyclic) bond motifs is 1. The molecule has 0 fully saturated rings. The first kappa shape index (κ1) is 19.5. The van der Waals surface area contributed by atoms with Crippen molar-refractivity contribution in [2.24, 2.45) is 5.10 Å². The third-order valence-electron chi connectivity index (χ3n) is 3.90. The van der Waals surface area contributed by atoms with Gasteiger partial charge in [-0.05, 0) is 30.7 Å². The summed E-state index contributed by atoms with van der Waals surface area (Å²) in [6.07, 6.45) is 1.65. The zero-order valence-corrected chi connectivity index (χ0v) is 16.4. The highest BCUT2D eigenvalue weighted by Gasteiger charge is 2.10. The van der Waals surface area contributed by atoms with Gasteiger partial charge in [-0.1, -0.05) is 41.2 Å². The number of amides is 2. The minimum absolute atomic E-state index is 0.0375. The summed E-state index contributed by atoms with van der Waals surface area (Å²) in [6.45, 7) is 2.00. The summed E-state index contributed by atoms with van der Waals surface area (Å²) in [5.74, 6) is 0.133. The molecule has 0 spiro atoms. The van der Waals surface area contributed by atoms with Gasteiger partial charge in [0.15, 0.2) is 5.13 Å². The van der Waals surface area contributed by atoms with Crippen molar-refractivity contribution in [3.05, 3.63) is 53.6 Å². The molecule has 1 heterocycles. The Morgan fingerprint density at radius 3 is 2.64 bits per heavy atom. The van der Waals surface area contributed by atoms with E-state index in [-0.39, 0.29) is 24.7 Å². The molecule has 0 unspecified atom stereocenters. The molecule has 0 saturated carbocycles. The minimum Gasteiger partial charge on any atom is -0.497 e. The monoisotopic (exact) mass is 396 g/mol. The summed E-state index contributed by atoms with van der Waals surface area (Å²) in [7, 11) is 1.60. The number of rotatable bonds is 7. The van der Waals surface area contributed by atoms with Gasteiger partial charge in [0.2, 0.25) is 11.8 Å². The van der Waals surface area contributed by atoms with Crippen molar-refractivity contribution in [2.45, 2.75) is 19.8 Å². The van der Waals surface area contributed by atoms with E-state index >= 15 is 0 Å². The van der Waals surface area contributed by atoms with Gasteiger partial charge in [0.05, 0.1) is 23.5 Å². The fourth-order valence-electron chi connectivity index (χ4n) is 2.38. The van der Waals surface area contributed by atoms with E-state index in [1.54, 1.807) is 13.3 Å². The van der Waals surface area contributed by atoms with Crippen LogP contribution in [0.1, 0.15) is 24.0 Å². The van der Waals surface area contributed by atoms with E-state index in [0.29, 0.717) is 5.13 Å². The molecule has 8 heteroatoms. The molecular weight excluding hydrogens is 376 g/mol. The number of thiazole rings is 1. The van der Waals surface area contributed by atoms with Crippen LogP contribution in [0.15, 0.2) is 47.6 Å². The summed E-state index contributed by atoms with van der Waals surface area (Å²) in [6, 6.07) is 13.3. The number of hydrogen-bond acceptors (Lipinski definition) is 6. The smallest absolute Gasteiger partial charge is 0.240 e. The average molecular weight is 396 g/mol. The number of carbonyl (C=O) groups excluding carboxylic acids is 2. The van der Waals surface area contributed by atoms with E-state index in [1.165, 1.54) is 11.3 Å². The first-order chi connectivity index (χ1) is 13.5. The van der Waals surface area contributed by atoms with E-state index in [9.17, 15) is 9.59 Å². The van der Waals surface area contributed by atoms with Crippen molar-refractivity contribution in [2.75, 3.05) is 12.4 Å². The van der Waals surface area contributed by atoms with Crippen molar-refractivity contribution >= 4 is 44.7 Å². The Kier molecular flexibility index (Phi) is 6.33. The first-order valence-corrected chi connectivity index (χ1v) is 9.48. The van der Waals surface area contributed by atoms with Gasteiger partial charge in [-0.25, -0.2) is 10.4 Å². The Balaban J connectivity index is 1.45. The number of carbonyl (C=O) groups is 2. The molecule has 144 valence electrons. The molecule has 3 aromatic rings. The second-order valence-electron chi connectivity index (χ2n) is 6.10. The maximum absolute atomic E-state index is 12.1. The number of hydrogen-bond donors (Lipinski definition) is 2. The largest absolute Gasteiger partial charge is 0.497 e. The maximum atomic E-state index is 12.1. The van der Waals surface area contributed by atoms with Crippen LogP contribution in [0.5, 0.6) is 5.75 Å². The fraction of sp³-hybridized carbons (Fsp3) is 0.200. The summed E-state index contributed by atoms with van der Waals surface area (Å²) < 4.78 is 6.09. The SMILES string of the molecule is COc1ccc2nc(NC(=O)CCC(=O)NN=Cc3ccc(C)cc3)sc2c1. The van der Waals surface area contributed by atoms with Crippen molar-refractivity contribution in [3.8, 4) is 5.75 Å². The molecule has 28 heavy (non-hydrogen) atoms. The fourth-order valence-corrected chi connectivity index (χ4v) is 3.29. The molecule has 1 aromatic heterocycles. The van der Waals surface area contributed by atoms with Gasteiger partial charge in [-0.2, -0.15) is 5.10 Å². The highest BCUT2D eigenvalue weighted by Crippen LogP contribution is 2.29. The molecule has 0 bridgehead atoms. The molecule has 0 atom stereocenters. The average Bonchev–Trinajstić information content (AvgIpc) is 3.09. The molecule has 2 aromatic carbocycles. The van der Waals surface area contributed by atoms with E-state index < -0.39 is 0 Å². The van der Waals surface area contributed by atoms with Gasteiger partial charge in [-0.15, -0.1) is 0 Å². The van der Waals surface area contributed by atoms with Crippen molar-refractivity contribution in [1.29, 1.82) is 0 Å². The zero-order chi connectivity index (χ0) is 19.9. The lowest BCUT2D eigenvalue weighted by atomic mass is 10.2. The van der Waals surface area contributed by atoms with Crippen LogP contribution in [-0.4, -0.2) is 30.1 Å². The van der Waals surface area contributed by atoms with Crippen LogP contribution in [0.2, 0.25) is 0 Å². The van der Waals surface area contributed by atoms with Gasteiger partial charge in [0.1, 0.15) is 5.75 Å². The number of hydrazone groups is 1. The van der Waals surface area contributed by atoms with Crippen LogP contribution in [0.4, 0.5) is 5.13 Å². The molecular formula is C20H20N4O3S. The van der Waals surface area contributed by atoms with E-state index in [4.69, 9.17) is 4.74 Å². The number of aromatic nitrogens is 1. The van der Waals surface area contributed by atoms with Gasteiger partial charge in [0, 0.05) is 12.8 Å². The molecule has 2 amide bonds. The highest BCUT2D eigenvalue weighted by molar-refractivity contribution is 7.22.